The van der Waals surface area contributed by atoms with Gasteiger partial charge in [0.25, 0.3) is 5.56 Å². The summed E-state index contributed by atoms with van der Waals surface area (Å²) in [5, 5.41) is 0.594. The van der Waals surface area contributed by atoms with E-state index >= 15 is 0 Å². The third kappa shape index (κ3) is 3.34. The van der Waals surface area contributed by atoms with Crippen molar-refractivity contribution >= 4 is 33.2 Å². The Balaban J connectivity index is 1.79. The first-order valence-electron chi connectivity index (χ1n) is 11.4. The van der Waals surface area contributed by atoms with Crippen molar-refractivity contribution < 1.29 is 0 Å². The van der Waals surface area contributed by atoms with E-state index in [1.807, 2.05) is 35.8 Å². The summed E-state index contributed by atoms with van der Waals surface area (Å²) < 4.78 is 3.93. The fourth-order valence-corrected chi connectivity index (χ4v) is 4.78. The maximum atomic E-state index is 13.6. The summed E-state index contributed by atoms with van der Waals surface area (Å²) in [5.41, 5.74) is 5.27. The third-order valence-corrected chi connectivity index (χ3v) is 6.65. The number of aryl methyl sites for hydroxylation is 2. The molecular weight excluding hydrogens is 386 g/mol. The Kier molecular flexibility index (Phi) is 5.08. The molecule has 160 valence electrons. The minimum absolute atomic E-state index is 0.0120. The van der Waals surface area contributed by atoms with Gasteiger partial charge in [0.1, 0.15) is 16.7 Å². The number of para-hydroxylation sites is 2. The molecule has 4 aromatic rings. The number of allylic oxidation sites excluding steroid dienone is 2. The summed E-state index contributed by atoms with van der Waals surface area (Å²) in [6.07, 6.45) is 9.10. The lowest BCUT2D eigenvalue weighted by molar-refractivity contribution is 0.496. The molecule has 0 N–H and O–H groups in total. The van der Waals surface area contributed by atoms with Gasteiger partial charge in [0.2, 0.25) is 0 Å². The lowest BCUT2D eigenvalue weighted by Crippen LogP contribution is -2.26. The van der Waals surface area contributed by atoms with Gasteiger partial charge in [-0.15, -0.1) is 0 Å². The zero-order valence-electron chi connectivity index (χ0n) is 18.6. The van der Waals surface area contributed by atoms with Crippen molar-refractivity contribution in [2.75, 3.05) is 0 Å². The molecule has 0 radical (unpaired) electrons. The van der Waals surface area contributed by atoms with Crippen molar-refractivity contribution in [1.82, 2.24) is 24.1 Å². The normalized spacial score (nSPS) is 15.6. The highest BCUT2D eigenvalue weighted by Crippen LogP contribution is 2.28. The molecule has 6 nitrogen and oxygen atoms in total. The molecule has 1 atom stereocenters. The van der Waals surface area contributed by atoms with Crippen molar-refractivity contribution in [2.24, 2.45) is 0 Å². The molecule has 0 bridgehead atoms. The fourth-order valence-electron chi connectivity index (χ4n) is 4.78. The first kappa shape index (κ1) is 19.9. The van der Waals surface area contributed by atoms with Gasteiger partial charge in [-0.05, 0) is 64.5 Å². The van der Waals surface area contributed by atoms with Crippen molar-refractivity contribution in [3.8, 4) is 0 Å². The topological polar surface area (TPSA) is 65.6 Å². The smallest absolute Gasteiger partial charge is 0.265 e. The van der Waals surface area contributed by atoms with Crippen LogP contribution in [-0.4, -0.2) is 24.1 Å². The summed E-state index contributed by atoms with van der Waals surface area (Å²) in [6, 6.07) is 7.94. The Labute approximate surface area is 181 Å². The van der Waals surface area contributed by atoms with E-state index in [1.165, 1.54) is 31.3 Å². The minimum Gasteiger partial charge on any atom is -0.308 e. The van der Waals surface area contributed by atoms with E-state index in [0.717, 1.165) is 41.9 Å². The third-order valence-electron chi connectivity index (χ3n) is 6.65. The fraction of sp³-hybridized carbons (Fsp3) is 0.440. The van der Waals surface area contributed by atoms with Gasteiger partial charge >= 0.3 is 0 Å². The van der Waals surface area contributed by atoms with E-state index in [9.17, 15) is 4.79 Å². The SMILES string of the molecule is CC[C@H](C)n1c(C)nc2c(c1=O)c1nc3ccccc3nc1n2CCC1=CCCCC1. The van der Waals surface area contributed by atoms with E-state index in [-0.39, 0.29) is 11.6 Å². The quantitative estimate of drug-likeness (QED) is 0.406. The molecule has 0 aliphatic heterocycles. The lowest BCUT2D eigenvalue weighted by atomic mass is 9.97. The maximum absolute atomic E-state index is 13.6. The zero-order valence-corrected chi connectivity index (χ0v) is 18.6. The van der Waals surface area contributed by atoms with E-state index in [1.54, 1.807) is 0 Å². The highest BCUT2D eigenvalue weighted by molar-refractivity contribution is 6.04. The van der Waals surface area contributed by atoms with Crippen LogP contribution < -0.4 is 5.56 Å². The van der Waals surface area contributed by atoms with Crippen LogP contribution in [0.5, 0.6) is 0 Å². The Bertz CT molecular complexity index is 1380. The number of aromatic nitrogens is 5. The van der Waals surface area contributed by atoms with Gasteiger partial charge in [0.15, 0.2) is 11.3 Å². The number of benzene rings is 1. The van der Waals surface area contributed by atoms with E-state index in [2.05, 4.69) is 24.5 Å². The second-order valence-corrected chi connectivity index (χ2v) is 8.68. The Morgan fingerprint density at radius 1 is 1.06 bits per heavy atom. The van der Waals surface area contributed by atoms with Gasteiger partial charge in [-0.1, -0.05) is 30.7 Å². The average molecular weight is 416 g/mol. The molecule has 0 spiro atoms. The Hall–Kier alpha value is -3.02. The second-order valence-electron chi connectivity index (χ2n) is 8.68. The van der Waals surface area contributed by atoms with Gasteiger partial charge in [0, 0.05) is 12.6 Å². The van der Waals surface area contributed by atoms with Crippen molar-refractivity contribution in [1.29, 1.82) is 0 Å². The van der Waals surface area contributed by atoms with Crippen LogP contribution in [0, 0.1) is 6.92 Å². The number of rotatable bonds is 5. The van der Waals surface area contributed by atoms with Gasteiger partial charge < -0.3 is 4.57 Å². The Morgan fingerprint density at radius 3 is 2.55 bits per heavy atom. The number of fused-ring (bicyclic) bond motifs is 4. The molecule has 0 unspecified atom stereocenters. The second kappa shape index (κ2) is 7.91. The molecule has 1 aromatic carbocycles. The molecule has 1 aliphatic carbocycles. The first-order valence-corrected chi connectivity index (χ1v) is 11.4. The van der Waals surface area contributed by atoms with Gasteiger partial charge in [0.05, 0.1) is 11.0 Å². The summed E-state index contributed by atoms with van der Waals surface area (Å²) in [5.74, 6) is 0.748. The van der Waals surface area contributed by atoms with Gasteiger partial charge in [-0.2, -0.15) is 0 Å². The standard InChI is InChI=1S/C25H29N5O/c1-4-16(2)30-17(3)26-23-21(25(30)31)22-24(28-20-13-9-8-12-19(20)27-22)29(23)15-14-18-10-6-5-7-11-18/h8-10,12-13,16H,4-7,11,14-15H2,1-3H3/t16-/m0/s1. The van der Waals surface area contributed by atoms with Gasteiger partial charge in [-0.25, -0.2) is 15.0 Å². The molecule has 5 rings (SSSR count). The van der Waals surface area contributed by atoms with E-state index in [0.29, 0.717) is 16.6 Å². The summed E-state index contributed by atoms with van der Waals surface area (Å²) in [4.78, 5) is 28.4. The maximum Gasteiger partial charge on any atom is 0.265 e. The Morgan fingerprint density at radius 2 is 1.84 bits per heavy atom. The van der Waals surface area contributed by atoms with Crippen LogP contribution in [0.15, 0.2) is 40.7 Å². The summed E-state index contributed by atoms with van der Waals surface area (Å²) in [6.45, 7) is 6.85. The van der Waals surface area contributed by atoms with Crippen LogP contribution >= 0.6 is 0 Å². The first-order chi connectivity index (χ1) is 15.1. The predicted molar refractivity (Wildman–Crippen MR) is 126 cm³/mol. The lowest BCUT2D eigenvalue weighted by Gasteiger charge is -2.16. The van der Waals surface area contributed by atoms with Crippen molar-refractivity contribution in [2.45, 2.75) is 71.9 Å². The molecular formula is C25H29N5O. The van der Waals surface area contributed by atoms with Crippen LogP contribution in [0.1, 0.15) is 64.2 Å². The molecule has 3 heterocycles. The number of hydrogen-bond acceptors (Lipinski definition) is 4. The largest absolute Gasteiger partial charge is 0.308 e. The average Bonchev–Trinajstić information content (AvgIpc) is 3.08. The van der Waals surface area contributed by atoms with Crippen LogP contribution in [0.4, 0.5) is 0 Å². The van der Waals surface area contributed by atoms with Crippen LogP contribution in [0.3, 0.4) is 0 Å². The van der Waals surface area contributed by atoms with Crippen LogP contribution in [-0.2, 0) is 6.54 Å². The summed E-state index contributed by atoms with van der Waals surface area (Å²) in [7, 11) is 0. The van der Waals surface area contributed by atoms with Gasteiger partial charge in [-0.3, -0.25) is 9.36 Å². The van der Waals surface area contributed by atoms with E-state index in [4.69, 9.17) is 15.0 Å². The highest BCUT2D eigenvalue weighted by atomic mass is 16.1. The molecule has 31 heavy (non-hydrogen) atoms. The molecule has 1 aliphatic rings. The van der Waals surface area contributed by atoms with E-state index < -0.39 is 0 Å². The molecule has 0 fully saturated rings. The molecule has 6 heteroatoms. The molecule has 3 aromatic heterocycles. The molecule has 0 saturated heterocycles. The van der Waals surface area contributed by atoms with Crippen molar-refractivity contribution in [3.05, 3.63) is 52.1 Å². The monoisotopic (exact) mass is 415 g/mol. The summed E-state index contributed by atoms with van der Waals surface area (Å²) >= 11 is 0. The zero-order chi connectivity index (χ0) is 21.5. The van der Waals surface area contributed by atoms with Crippen LogP contribution in [0.2, 0.25) is 0 Å². The highest BCUT2D eigenvalue weighted by Gasteiger charge is 2.22. The van der Waals surface area contributed by atoms with Crippen LogP contribution in [0.25, 0.3) is 33.2 Å². The predicted octanol–water partition coefficient (Wildman–Crippen LogP) is 5.46. The number of hydrogen-bond donors (Lipinski definition) is 0. The molecule has 0 saturated carbocycles. The minimum atomic E-state index is -0.0120. The molecule has 0 amide bonds. The van der Waals surface area contributed by atoms with Crippen molar-refractivity contribution in [3.63, 3.8) is 0 Å². The number of nitrogens with zero attached hydrogens (tertiary/aromatic N) is 5.